The van der Waals surface area contributed by atoms with Crippen molar-refractivity contribution in [1.29, 1.82) is 5.26 Å². The number of H-pyrrole nitrogens is 1. The molecule has 10 heteroatoms. The average Bonchev–Trinajstić information content (AvgIpc) is 3.39. The van der Waals surface area contributed by atoms with E-state index in [1.54, 1.807) is 31.2 Å². The Hall–Kier alpha value is -3.58. The van der Waals surface area contributed by atoms with Crippen molar-refractivity contribution in [3.63, 3.8) is 0 Å². The fourth-order valence-electron chi connectivity index (χ4n) is 3.53. The van der Waals surface area contributed by atoms with E-state index in [2.05, 4.69) is 10.3 Å². The highest BCUT2D eigenvalue weighted by atomic mass is 32.2. The Morgan fingerprint density at radius 3 is 2.56 bits per heavy atom. The molecule has 0 aliphatic carbocycles. The highest BCUT2D eigenvalue weighted by Crippen LogP contribution is 2.26. The molecule has 0 unspecified atom stereocenters. The second kappa shape index (κ2) is 9.70. The standard InChI is InChI=1S/C22H22N4O5S/c1-12-19(22(30)31-3)16(25-20(12)13(2)27)8-18(28)26-11-32-10-17(26)21(29)24-15-6-4-14(9-23)5-7-15/h4-7,17,25H,8,10-11H2,1-3H3,(H,24,29)/t17-/m1/s1. The first kappa shape index (κ1) is 23.1. The number of thioether (sulfide) groups is 1. The van der Waals surface area contributed by atoms with E-state index in [9.17, 15) is 19.2 Å². The number of nitriles is 1. The summed E-state index contributed by atoms with van der Waals surface area (Å²) < 4.78 is 4.82. The summed E-state index contributed by atoms with van der Waals surface area (Å²) in [5, 5.41) is 11.7. The maximum atomic E-state index is 13.1. The number of hydrogen-bond acceptors (Lipinski definition) is 7. The third-order valence-electron chi connectivity index (χ3n) is 5.18. The van der Waals surface area contributed by atoms with Crippen LogP contribution in [0.1, 0.15) is 44.6 Å². The number of ketones is 1. The molecule has 2 amide bonds. The molecule has 9 nitrogen and oxygen atoms in total. The minimum Gasteiger partial charge on any atom is -0.465 e. The first-order valence-corrected chi connectivity index (χ1v) is 10.9. The van der Waals surface area contributed by atoms with Crippen LogP contribution in [0, 0.1) is 18.3 Å². The molecule has 2 N–H and O–H groups in total. The topological polar surface area (TPSA) is 132 Å². The molecule has 0 spiro atoms. The van der Waals surface area contributed by atoms with Gasteiger partial charge in [-0.25, -0.2) is 4.79 Å². The van der Waals surface area contributed by atoms with Gasteiger partial charge in [-0.2, -0.15) is 5.26 Å². The fraction of sp³-hybridized carbons (Fsp3) is 0.318. The number of hydrogen-bond donors (Lipinski definition) is 2. The maximum Gasteiger partial charge on any atom is 0.339 e. The van der Waals surface area contributed by atoms with Crippen LogP contribution in [0.4, 0.5) is 5.69 Å². The van der Waals surface area contributed by atoms with Crippen molar-refractivity contribution in [2.45, 2.75) is 26.3 Å². The first-order chi connectivity index (χ1) is 15.3. The van der Waals surface area contributed by atoms with Gasteiger partial charge in [0.1, 0.15) is 6.04 Å². The lowest BCUT2D eigenvalue weighted by atomic mass is 10.1. The summed E-state index contributed by atoms with van der Waals surface area (Å²) in [6, 6.07) is 7.76. The highest BCUT2D eigenvalue weighted by molar-refractivity contribution is 7.99. The smallest absolute Gasteiger partial charge is 0.339 e. The zero-order chi connectivity index (χ0) is 23.4. The minimum absolute atomic E-state index is 0.163. The Kier molecular flexibility index (Phi) is 7.00. The molecule has 166 valence electrons. The third kappa shape index (κ3) is 4.68. The molecule has 0 bridgehead atoms. The van der Waals surface area contributed by atoms with Gasteiger partial charge in [0, 0.05) is 24.1 Å². The molecule has 1 atom stereocenters. The molecule has 1 aromatic heterocycles. The SMILES string of the molecule is COC(=O)c1c(CC(=O)N2CSC[C@@H]2C(=O)Nc2ccc(C#N)cc2)[nH]c(C(C)=O)c1C. The highest BCUT2D eigenvalue weighted by Gasteiger charge is 2.36. The van der Waals surface area contributed by atoms with Gasteiger partial charge in [0.15, 0.2) is 5.78 Å². The van der Waals surface area contributed by atoms with Crippen LogP contribution in [0.2, 0.25) is 0 Å². The molecule has 0 saturated carbocycles. The van der Waals surface area contributed by atoms with E-state index in [4.69, 9.17) is 10.00 Å². The number of esters is 1. The van der Waals surface area contributed by atoms with E-state index in [0.717, 1.165) is 0 Å². The molecule has 1 aliphatic rings. The molecular weight excluding hydrogens is 432 g/mol. The predicted molar refractivity (Wildman–Crippen MR) is 118 cm³/mol. The van der Waals surface area contributed by atoms with Crippen molar-refractivity contribution in [1.82, 2.24) is 9.88 Å². The zero-order valence-corrected chi connectivity index (χ0v) is 18.7. The summed E-state index contributed by atoms with van der Waals surface area (Å²) in [4.78, 5) is 54.3. The third-order valence-corrected chi connectivity index (χ3v) is 6.20. The number of aromatic amines is 1. The lowest BCUT2D eigenvalue weighted by Gasteiger charge is -2.23. The molecule has 1 aromatic carbocycles. The van der Waals surface area contributed by atoms with Crippen LogP contribution in [0.25, 0.3) is 0 Å². The van der Waals surface area contributed by atoms with E-state index in [0.29, 0.717) is 28.4 Å². The van der Waals surface area contributed by atoms with E-state index in [-0.39, 0.29) is 41.0 Å². The number of aromatic nitrogens is 1. The van der Waals surface area contributed by atoms with Gasteiger partial charge in [-0.3, -0.25) is 14.4 Å². The van der Waals surface area contributed by atoms with Crippen LogP contribution in [-0.4, -0.2) is 58.2 Å². The van der Waals surface area contributed by atoms with Crippen LogP contribution in [-0.2, 0) is 20.7 Å². The Morgan fingerprint density at radius 1 is 1.28 bits per heavy atom. The molecule has 0 radical (unpaired) electrons. The average molecular weight is 455 g/mol. The van der Waals surface area contributed by atoms with Gasteiger partial charge in [0.05, 0.1) is 42.3 Å². The van der Waals surface area contributed by atoms with Crippen LogP contribution in [0.5, 0.6) is 0 Å². The monoisotopic (exact) mass is 454 g/mol. The number of carbonyl (C=O) groups is 4. The number of ether oxygens (including phenoxy) is 1. The summed E-state index contributed by atoms with van der Waals surface area (Å²) >= 11 is 1.45. The van der Waals surface area contributed by atoms with Gasteiger partial charge in [-0.1, -0.05) is 0 Å². The van der Waals surface area contributed by atoms with E-state index < -0.39 is 12.0 Å². The lowest BCUT2D eigenvalue weighted by molar-refractivity contribution is -0.135. The first-order valence-electron chi connectivity index (χ1n) is 9.75. The number of rotatable bonds is 6. The van der Waals surface area contributed by atoms with Crippen molar-refractivity contribution in [3.05, 3.63) is 52.3 Å². The molecular formula is C22H22N4O5S. The summed E-state index contributed by atoms with van der Waals surface area (Å²) in [7, 11) is 1.23. The quantitative estimate of drug-likeness (QED) is 0.505. The Morgan fingerprint density at radius 2 is 1.97 bits per heavy atom. The molecule has 1 saturated heterocycles. The van der Waals surface area contributed by atoms with Crippen molar-refractivity contribution in [3.8, 4) is 6.07 Å². The molecule has 2 heterocycles. The summed E-state index contributed by atoms with van der Waals surface area (Å²) in [5.74, 6) is -0.829. The normalized spacial score (nSPS) is 15.2. The number of amides is 2. The van der Waals surface area contributed by atoms with Gasteiger partial charge >= 0.3 is 5.97 Å². The zero-order valence-electron chi connectivity index (χ0n) is 17.9. The largest absolute Gasteiger partial charge is 0.465 e. The van der Waals surface area contributed by atoms with Crippen LogP contribution in [0.15, 0.2) is 24.3 Å². The molecule has 2 aromatic rings. The Bertz CT molecular complexity index is 1120. The number of anilines is 1. The molecule has 32 heavy (non-hydrogen) atoms. The van der Waals surface area contributed by atoms with Crippen molar-refractivity contribution < 1.29 is 23.9 Å². The summed E-state index contributed by atoms with van der Waals surface area (Å²) in [6.45, 7) is 2.99. The van der Waals surface area contributed by atoms with Gasteiger partial charge < -0.3 is 19.9 Å². The van der Waals surface area contributed by atoms with Crippen LogP contribution in [0.3, 0.4) is 0 Å². The van der Waals surface area contributed by atoms with Gasteiger partial charge in [-0.15, -0.1) is 11.8 Å². The second-order valence-electron chi connectivity index (χ2n) is 7.26. The van der Waals surface area contributed by atoms with Crippen LogP contribution < -0.4 is 5.32 Å². The van der Waals surface area contributed by atoms with Gasteiger partial charge in [0.25, 0.3) is 0 Å². The fourth-order valence-corrected chi connectivity index (χ4v) is 4.71. The number of carbonyl (C=O) groups excluding carboxylic acids is 4. The van der Waals surface area contributed by atoms with E-state index >= 15 is 0 Å². The van der Waals surface area contributed by atoms with Crippen molar-refractivity contribution in [2.75, 3.05) is 24.1 Å². The van der Waals surface area contributed by atoms with Gasteiger partial charge in [-0.05, 0) is 36.8 Å². The van der Waals surface area contributed by atoms with Crippen molar-refractivity contribution in [2.24, 2.45) is 0 Å². The molecule has 1 aliphatic heterocycles. The van der Waals surface area contributed by atoms with Crippen molar-refractivity contribution >= 4 is 41.0 Å². The molecule has 1 fully saturated rings. The van der Waals surface area contributed by atoms with Gasteiger partial charge in [0.2, 0.25) is 11.8 Å². The maximum absolute atomic E-state index is 13.1. The number of nitrogens with one attached hydrogen (secondary N) is 2. The van der Waals surface area contributed by atoms with E-state index in [1.165, 1.54) is 30.7 Å². The Labute approximate surface area is 189 Å². The summed E-state index contributed by atoms with van der Waals surface area (Å²) in [6.07, 6.45) is -0.181. The number of nitrogens with zero attached hydrogens (tertiary/aromatic N) is 2. The van der Waals surface area contributed by atoms with Crippen LogP contribution >= 0.6 is 11.8 Å². The second-order valence-corrected chi connectivity index (χ2v) is 8.26. The predicted octanol–water partition coefficient (Wildman–Crippen LogP) is 2.27. The number of methoxy groups -OCH3 is 1. The minimum atomic E-state index is -0.687. The summed E-state index contributed by atoms with van der Waals surface area (Å²) in [5.41, 5.74) is 2.13. The lowest BCUT2D eigenvalue weighted by Crippen LogP contribution is -2.45. The molecule has 3 rings (SSSR count). The Balaban J connectivity index is 1.77. The number of benzene rings is 1. The van der Waals surface area contributed by atoms with E-state index in [1.807, 2.05) is 6.07 Å². The number of Topliss-reactive ketones (excluding diaryl/α,β-unsaturated/α-hetero) is 1.